The normalized spacial score (nSPS) is 14.3. The maximum Gasteiger partial charge on any atom is 0.407 e. The van der Waals surface area contributed by atoms with Crippen LogP contribution in [0.4, 0.5) is 4.79 Å². The van der Waals surface area contributed by atoms with Gasteiger partial charge in [-0.25, -0.2) is 4.79 Å². The van der Waals surface area contributed by atoms with Crippen molar-refractivity contribution in [2.45, 2.75) is 71.2 Å². The van der Waals surface area contributed by atoms with Gasteiger partial charge in [-0.1, -0.05) is 0 Å². The minimum Gasteiger partial charge on any atom is -0.480 e. The van der Waals surface area contributed by atoms with Crippen LogP contribution in [0.2, 0.25) is 0 Å². The number of carboxylic acids is 2. The number of hydrogen-bond donors (Lipinski definition) is 5. The van der Waals surface area contributed by atoms with Crippen molar-refractivity contribution in [2.24, 2.45) is 0 Å². The monoisotopic (exact) mass is 389 g/mol. The van der Waals surface area contributed by atoms with Crippen LogP contribution in [-0.2, 0) is 23.9 Å². The predicted octanol–water partition coefficient (Wildman–Crippen LogP) is -0.161. The first-order valence-corrected chi connectivity index (χ1v) is 8.25. The van der Waals surface area contributed by atoms with Crippen molar-refractivity contribution in [3.05, 3.63) is 0 Å². The summed E-state index contributed by atoms with van der Waals surface area (Å²) in [6, 6.07) is -3.33. The van der Waals surface area contributed by atoms with Crippen molar-refractivity contribution in [3.8, 4) is 0 Å². The Labute approximate surface area is 156 Å². The summed E-state index contributed by atoms with van der Waals surface area (Å²) in [5, 5.41) is 24.4. The number of ether oxygens (including phenoxy) is 1. The molecule has 0 aromatic carbocycles. The zero-order chi connectivity index (χ0) is 21.4. The van der Waals surface area contributed by atoms with Gasteiger partial charge in [-0.05, 0) is 34.6 Å². The Morgan fingerprint density at radius 1 is 0.815 bits per heavy atom. The van der Waals surface area contributed by atoms with Gasteiger partial charge in [-0.15, -0.1) is 0 Å². The van der Waals surface area contributed by atoms with Crippen LogP contribution < -0.4 is 16.0 Å². The molecule has 2 atom stereocenters. The molecule has 0 saturated heterocycles. The fourth-order valence-electron chi connectivity index (χ4n) is 1.82. The average Bonchev–Trinajstić information content (AvgIpc) is 2.43. The molecular formula is C16H27N3O8. The number of aliphatic carboxylic acids is 2. The molecule has 0 radical (unpaired) electrons. The van der Waals surface area contributed by atoms with E-state index >= 15 is 0 Å². The van der Waals surface area contributed by atoms with Gasteiger partial charge in [-0.3, -0.25) is 19.2 Å². The second kappa shape index (κ2) is 10.3. The summed E-state index contributed by atoms with van der Waals surface area (Å²) < 4.78 is 5.07. The fourth-order valence-corrected chi connectivity index (χ4v) is 1.82. The van der Waals surface area contributed by atoms with Gasteiger partial charge in [0.25, 0.3) is 0 Å². The van der Waals surface area contributed by atoms with Crippen LogP contribution in [0.1, 0.15) is 47.5 Å². The van der Waals surface area contributed by atoms with Crippen molar-refractivity contribution in [2.75, 3.05) is 0 Å². The number of nitrogens with one attached hydrogen (secondary N) is 3. The van der Waals surface area contributed by atoms with E-state index in [1.807, 2.05) is 0 Å². The topological polar surface area (TPSA) is 171 Å². The van der Waals surface area contributed by atoms with Crippen molar-refractivity contribution < 1.29 is 38.9 Å². The van der Waals surface area contributed by atoms with Gasteiger partial charge in [0.2, 0.25) is 11.8 Å². The van der Waals surface area contributed by atoms with E-state index in [0.717, 1.165) is 0 Å². The maximum atomic E-state index is 12.0. The van der Waals surface area contributed by atoms with Crippen LogP contribution in [0.25, 0.3) is 0 Å². The molecule has 0 aliphatic heterocycles. The highest BCUT2D eigenvalue weighted by molar-refractivity contribution is 5.86. The lowest BCUT2D eigenvalue weighted by Crippen LogP contribution is -2.47. The number of amides is 3. The molecule has 0 fully saturated rings. The van der Waals surface area contributed by atoms with E-state index in [9.17, 15) is 24.0 Å². The van der Waals surface area contributed by atoms with E-state index in [2.05, 4.69) is 16.0 Å². The van der Waals surface area contributed by atoms with E-state index in [1.54, 1.807) is 20.8 Å². The molecule has 11 heteroatoms. The number of hydrogen-bond acceptors (Lipinski definition) is 6. The van der Waals surface area contributed by atoms with Crippen LogP contribution in [0, 0.1) is 0 Å². The quantitative estimate of drug-likeness (QED) is 0.362. The second-order valence-corrected chi connectivity index (χ2v) is 7.01. The van der Waals surface area contributed by atoms with Gasteiger partial charge in [0, 0.05) is 18.9 Å². The smallest absolute Gasteiger partial charge is 0.407 e. The molecule has 3 amide bonds. The first kappa shape index (κ1) is 24.1. The van der Waals surface area contributed by atoms with E-state index in [4.69, 9.17) is 14.9 Å². The Hall–Kier alpha value is -2.85. The SMILES string of the molecule is CC(NC(=O)CC(CC(=O)NC(C)C(=O)O)NC(=O)OC(C)(C)C)C(=O)O. The van der Waals surface area contributed by atoms with Crippen LogP contribution in [-0.4, -0.2) is 63.8 Å². The first-order valence-electron chi connectivity index (χ1n) is 8.25. The first-order chi connectivity index (χ1) is 12.2. The summed E-state index contributed by atoms with van der Waals surface area (Å²) in [6.07, 6.45) is -1.66. The molecule has 5 N–H and O–H groups in total. The third kappa shape index (κ3) is 11.4. The highest BCUT2D eigenvalue weighted by atomic mass is 16.6. The van der Waals surface area contributed by atoms with Crippen LogP contribution in [0.5, 0.6) is 0 Å². The summed E-state index contributed by atoms with van der Waals surface area (Å²) >= 11 is 0. The zero-order valence-corrected chi connectivity index (χ0v) is 16.0. The van der Waals surface area contributed by atoms with Crippen LogP contribution >= 0.6 is 0 Å². The van der Waals surface area contributed by atoms with E-state index < -0.39 is 66.4 Å². The lowest BCUT2D eigenvalue weighted by Gasteiger charge is -2.23. The highest BCUT2D eigenvalue weighted by Crippen LogP contribution is 2.08. The molecule has 0 heterocycles. The maximum absolute atomic E-state index is 12.0. The fraction of sp³-hybridized carbons (Fsp3) is 0.688. The Bertz CT molecular complexity index is 549. The lowest BCUT2D eigenvalue weighted by atomic mass is 10.1. The minimum absolute atomic E-state index is 0.397. The minimum atomic E-state index is -1.24. The Morgan fingerprint density at radius 2 is 1.19 bits per heavy atom. The van der Waals surface area contributed by atoms with Gasteiger partial charge in [0.05, 0.1) is 0 Å². The van der Waals surface area contributed by atoms with E-state index in [-0.39, 0.29) is 0 Å². The molecular weight excluding hydrogens is 362 g/mol. The van der Waals surface area contributed by atoms with Crippen molar-refractivity contribution in [1.82, 2.24) is 16.0 Å². The summed E-state index contributed by atoms with van der Waals surface area (Å²) in [4.78, 5) is 57.4. The second-order valence-electron chi connectivity index (χ2n) is 7.01. The third-order valence-electron chi connectivity index (χ3n) is 3.08. The van der Waals surface area contributed by atoms with Gasteiger partial charge >= 0.3 is 18.0 Å². The van der Waals surface area contributed by atoms with Crippen LogP contribution in [0.3, 0.4) is 0 Å². The molecule has 11 nitrogen and oxygen atoms in total. The standard InChI is InChI=1S/C16H27N3O8/c1-8(13(22)23)17-11(20)6-10(19-15(26)27-16(3,4)5)7-12(21)18-9(2)14(24)25/h8-10H,6-7H2,1-5H3,(H,17,20)(H,18,21)(H,19,26)(H,22,23)(H,24,25). The molecule has 27 heavy (non-hydrogen) atoms. The predicted molar refractivity (Wildman–Crippen MR) is 92.9 cm³/mol. The third-order valence-corrected chi connectivity index (χ3v) is 3.08. The van der Waals surface area contributed by atoms with Gasteiger partial charge < -0.3 is 30.9 Å². The molecule has 0 aromatic heterocycles. The van der Waals surface area contributed by atoms with Gasteiger partial charge in [0.1, 0.15) is 17.7 Å². The molecule has 0 aromatic rings. The summed E-state index contributed by atoms with van der Waals surface area (Å²) in [6.45, 7) is 7.41. The van der Waals surface area contributed by atoms with E-state index in [0.29, 0.717) is 0 Å². The molecule has 154 valence electrons. The Morgan fingerprint density at radius 3 is 1.48 bits per heavy atom. The summed E-state index contributed by atoms with van der Waals surface area (Å²) in [5.41, 5.74) is -0.811. The van der Waals surface area contributed by atoms with Crippen molar-refractivity contribution in [3.63, 3.8) is 0 Å². The largest absolute Gasteiger partial charge is 0.480 e. The van der Waals surface area contributed by atoms with Gasteiger partial charge in [-0.2, -0.15) is 0 Å². The summed E-state index contributed by atoms with van der Waals surface area (Å²) in [7, 11) is 0. The highest BCUT2D eigenvalue weighted by Gasteiger charge is 2.25. The molecule has 0 bridgehead atoms. The molecule has 0 aliphatic rings. The lowest BCUT2D eigenvalue weighted by molar-refractivity contribution is -0.141. The molecule has 2 unspecified atom stereocenters. The zero-order valence-electron chi connectivity index (χ0n) is 16.0. The average molecular weight is 389 g/mol. The van der Waals surface area contributed by atoms with E-state index in [1.165, 1.54) is 13.8 Å². The number of carbonyl (C=O) groups is 5. The van der Waals surface area contributed by atoms with Crippen molar-refractivity contribution in [1.29, 1.82) is 0 Å². The number of alkyl carbamates (subject to hydrolysis) is 1. The van der Waals surface area contributed by atoms with Crippen molar-refractivity contribution >= 4 is 29.8 Å². The molecule has 0 spiro atoms. The number of carboxylic acid groups (broad SMARTS) is 2. The molecule has 0 rings (SSSR count). The number of rotatable bonds is 9. The van der Waals surface area contributed by atoms with Gasteiger partial charge in [0.15, 0.2) is 0 Å². The summed E-state index contributed by atoms with van der Waals surface area (Å²) in [5.74, 6) is -3.89. The molecule has 0 saturated carbocycles. The Kier molecular flexibility index (Phi) is 9.24. The Balaban J connectivity index is 5.00. The van der Waals surface area contributed by atoms with Crippen LogP contribution in [0.15, 0.2) is 0 Å². The number of carbonyl (C=O) groups excluding carboxylic acids is 3. The molecule has 0 aliphatic carbocycles.